The number of phenolic OH excluding ortho intramolecular Hbond substituents is 2. The van der Waals surface area contributed by atoms with Crippen LogP contribution < -0.4 is 0 Å². The summed E-state index contributed by atoms with van der Waals surface area (Å²) in [6.45, 7) is 2.71. The molecule has 0 radical (unpaired) electrons. The summed E-state index contributed by atoms with van der Waals surface area (Å²) in [6.07, 6.45) is 1.61. The van der Waals surface area contributed by atoms with Gasteiger partial charge in [-0.15, -0.1) is 10.2 Å². The van der Waals surface area contributed by atoms with Gasteiger partial charge >= 0.3 is 0 Å². The number of aryl methyl sites for hydroxylation is 1. The lowest BCUT2D eigenvalue weighted by atomic mass is 10.1. The Labute approximate surface area is 114 Å². The zero-order valence-electron chi connectivity index (χ0n) is 10.3. The van der Waals surface area contributed by atoms with Crippen LogP contribution in [0.25, 0.3) is 0 Å². The van der Waals surface area contributed by atoms with Gasteiger partial charge in [0.25, 0.3) is 0 Å². The number of hydrogen-bond donors (Lipinski definition) is 2. The largest absolute Gasteiger partial charge is 0.504 e. The van der Waals surface area contributed by atoms with Crippen LogP contribution in [0, 0.1) is 0 Å². The lowest BCUT2D eigenvalue weighted by molar-refractivity contribution is 0.102. The highest BCUT2D eigenvalue weighted by atomic mass is 32.2. The molecule has 2 aromatic rings. The van der Waals surface area contributed by atoms with Gasteiger partial charge in [0, 0.05) is 12.1 Å². The van der Waals surface area contributed by atoms with Crippen LogP contribution in [0.2, 0.25) is 0 Å². The van der Waals surface area contributed by atoms with Gasteiger partial charge in [0.05, 0.1) is 5.75 Å². The molecule has 7 heteroatoms. The van der Waals surface area contributed by atoms with Crippen molar-refractivity contribution in [2.45, 2.75) is 18.6 Å². The number of carbonyl (C=O) groups excluding carboxylic acids is 1. The molecule has 0 saturated heterocycles. The minimum Gasteiger partial charge on any atom is -0.504 e. The summed E-state index contributed by atoms with van der Waals surface area (Å²) in [6, 6.07) is 4.02. The van der Waals surface area contributed by atoms with Gasteiger partial charge in [-0.3, -0.25) is 4.79 Å². The first-order chi connectivity index (χ1) is 9.11. The van der Waals surface area contributed by atoms with E-state index in [2.05, 4.69) is 10.2 Å². The Kier molecular flexibility index (Phi) is 4.06. The highest BCUT2D eigenvalue weighted by Gasteiger charge is 2.11. The highest BCUT2D eigenvalue weighted by molar-refractivity contribution is 7.99. The third-order valence-corrected chi connectivity index (χ3v) is 3.53. The van der Waals surface area contributed by atoms with Crippen molar-refractivity contribution in [1.82, 2.24) is 14.8 Å². The first-order valence-electron chi connectivity index (χ1n) is 5.67. The number of benzene rings is 1. The van der Waals surface area contributed by atoms with Crippen molar-refractivity contribution in [3.63, 3.8) is 0 Å². The summed E-state index contributed by atoms with van der Waals surface area (Å²) in [5, 5.41) is 26.9. The SMILES string of the molecule is CCn1cnnc1SCC(=O)c1ccc(O)c(O)c1. The van der Waals surface area contributed by atoms with Crippen LogP contribution in [0.3, 0.4) is 0 Å². The molecular weight excluding hydrogens is 266 g/mol. The Morgan fingerprint density at radius 3 is 2.84 bits per heavy atom. The zero-order valence-corrected chi connectivity index (χ0v) is 11.1. The number of rotatable bonds is 5. The second-order valence-corrected chi connectivity index (χ2v) is 4.76. The number of Topliss-reactive ketones (excluding diaryl/α,β-unsaturated/α-hetero) is 1. The van der Waals surface area contributed by atoms with E-state index in [1.54, 1.807) is 6.33 Å². The molecule has 2 N–H and O–H groups in total. The molecule has 0 fully saturated rings. The molecule has 0 aliphatic carbocycles. The minimum atomic E-state index is -0.299. The Bertz CT molecular complexity index is 598. The van der Waals surface area contributed by atoms with Crippen molar-refractivity contribution < 1.29 is 15.0 Å². The molecule has 0 aliphatic heterocycles. The molecule has 0 unspecified atom stereocenters. The first-order valence-corrected chi connectivity index (χ1v) is 6.66. The zero-order chi connectivity index (χ0) is 13.8. The average molecular weight is 279 g/mol. The molecule has 0 aliphatic rings. The number of phenols is 2. The Morgan fingerprint density at radius 1 is 1.37 bits per heavy atom. The van der Waals surface area contributed by atoms with Gasteiger partial charge < -0.3 is 14.8 Å². The van der Waals surface area contributed by atoms with Gasteiger partial charge in [0.15, 0.2) is 22.4 Å². The highest BCUT2D eigenvalue weighted by Crippen LogP contribution is 2.26. The van der Waals surface area contributed by atoms with Crippen molar-refractivity contribution in [2.75, 3.05) is 5.75 Å². The van der Waals surface area contributed by atoms with Crippen LogP contribution in [-0.4, -0.2) is 36.5 Å². The lowest BCUT2D eigenvalue weighted by Crippen LogP contribution is -2.04. The van der Waals surface area contributed by atoms with E-state index in [-0.39, 0.29) is 23.0 Å². The molecule has 19 heavy (non-hydrogen) atoms. The summed E-state index contributed by atoms with van der Waals surface area (Å²) < 4.78 is 1.84. The van der Waals surface area contributed by atoms with E-state index in [9.17, 15) is 15.0 Å². The van der Waals surface area contributed by atoms with Crippen LogP contribution >= 0.6 is 11.8 Å². The van der Waals surface area contributed by atoms with Gasteiger partial charge in [-0.05, 0) is 25.1 Å². The van der Waals surface area contributed by atoms with E-state index < -0.39 is 0 Å². The van der Waals surface area contributed by atoms with Crippen molar-refractivity contribution in [2.24, 2.45) is 0 Å². The van der Waals surface area contributed by atoms with E-state index in [0.29, 0.717) is 10.7 Å². The maximum absolute atomic E-state index is 11.9. The fourth-order valence-corrected chi connectivity index (χ4v) is 2.36. The summed E-state index contributed by atoms with van der Waals surface area (Å²) in [7, 11) is 0. The topological polar surface area (TPSA) is 88.2 Å². The molecule has 0 bridgehead atoms. The van der Waals surface area contributed by atoms with Crippen LogP contribution in [0.1, 0.15) is 17.3 Å². The number of nitrogens with zero attached hydrogens (tertiary/aromatic N) is 3. The van der Waals surface area contributed by atoms with Crippen LogP contribution in [0.5, 0.6) is 11.5 Å². The van der Waals surface area contributed by atoms with E-state index in [4.69, 9.17) is 0 Å². The van der Waals surface area contributed by atoms with E-state index in [1.165, 1.54) is 30.0 Å². The molecule has 1 aromatic heterocycles. The number of aromatic nitrogens is 3. The molecule has 2 rings (SSSR count). The monoisotopic (exact) mass is 279 g/mol. The standard InChI is InChI=1S/C12H13N3O3S/c1-2-15-7-13-14-12(15)19-6-11(18)8-3-4-9(16)10(17)5-8/h3-5,7,16-17H,2,6H2,1H3. The van der Waals surface area contributed by atoms with Gasteiger partial charge in [-0.2, -0.15) is 0 Å². The fraction of sp³-hybridized carbons (Fsp3) is 0.250. The van der Waals surface area contributed by atoms with Crippen molar-refractivity contribution in [1.29, 1.82) is 0 Å². The maximum Gasteiger partial charge on any atom is 0.191 e. The smallest absolute Gasteiger partial charge is 0.191 e. The van der Waals surface area contributed by atoms with E-state index in [0.717, 1.165) is 6.54 Å². The summed E-state index contributed by atoms with van der Waals surface area (Å²) >= 11 is 1.29. The number of thioether (sulfide) groups is 1. The van der Waals surface area contributed by atoms with Gasteiger partial charge in [0.2, 0.25) is 0 Å². The first kappa shape index (κ1) is 13.4. The third-order valence-electron chi connectivity index (χ3n) is 2.55. The number of ketones is 1. The predicted molar refractivity (Wildman–Crippen MR) is 70.5 cm³/mol. The normalized spacial score (nSPS) is 10.6. The fourth-order valence-electron chi connectivity index (χ4n) is 1.48. The molecule has 1 heterocycles. The maximum atomic E-state index is 11.9. The number of carbonyl (C=O) groups is 1. The van der Waals surface area contributed by atoms with Gasteiger partial charge in [0.1, 0.15) is 6.33 Å². The second-order valence-electron chi connectivity index (χ2n) is 3.81. The molecule has 0 atom stereocenters. The van der Waals surface area contributed by atoms with Gasteiger partial charge in [-0.1, -0.05) is 11.8 Å². The molecule has 100 valence electrons. The quantitative estimate of drug-likeness (QED) is 0.492. The molecule has 1 aromatic carbocycles. The Hall–Kier alpha value is -2.02. The number of aromatic hydroxyl groups is 2. The molecular formula is C12H13N3O3S. The van der Waals surface area contributed by atoms with Crippen LogP contribution in [0.4, 0.5) is 0 Å². The van der Waals surface area contributed by atoms with Gasteiger partial charge in [-0.25, -0.2) is 0 Å². The summed E-state index contributed by atoms with van der Waals surface area (Å²) in [4.78, 5) is 11.9. The summed E-state index contributed by atoms with van der Waals surface area (Å²) in [5.41, 5.74) is 0.352. The Balaban J connectivity index is 2.03. The van der Waals surface area contributed by atoms with Crippen molar-refractivity contribution in [3.05, 3.63) is 30.1 Å². The predicted octanol–water partition coefficient (Wildman–Crippen LogP) is 1.68. The third kappa shape index (κ3) is 3.05. The molecule has 0 amide bonds. The molecule has 6 nitrogen and oxygen atoms in total. The molecule has 0 spiro atoms. The average Bonchev–Trinajstić information content (AvgIpc) is 2.86. The Morgan fingerprint density at radius 2 is 2.16 bits per heavy atom. The molecule has 0 saturated carbocycles. The second kappa shape index (κ2) is 5.75. The lowest BCUT2D eigenvalue weighted by Gasteiger charge is -2.04. The van der Waals surface area contributed by atoms with E-state index in [1.807, 2.05) is 11.5 Å². The van der Waals surface area contributed by atoms with E-state index >= 15 is 0 Å². The summed E-state index contributed by atoms with van der Waals surface area (Å²) in [5.74, 6) is -0.489. The number of hydrogen-bond acceptors (Lipinski definition) is 6. The van der Waals surface area contributed by atoms with Crippen LogP contribution in [-0.2, 0) is 6.54 Å². The van der Waals surface area contributed by atoms with Crippen LogP contribution in [0.15, 0.2) is 29.7 Å². The van der Waals surface area contributed by atoms with Crippen molar-refractivity contribution >= 4 is 17.5 Å². The van der Waals surface area contributed by atoms with Crippen molar-refractivity contribution in [3.8, 4) is 11.5 Å². The minimum absolute atomic E-state index is 0.147.